The van der Waals surface area contributed by atoms with E-state index in [1.807, 2.05) is 4.68 Å². The molecule has 5 aliphatic rings. The Kier molecular flexibility index (Phi) is 9.85. The number of nitrogens with zero attached hydrogens (tertiary/aromatic N) is 4. The van der Waals surface area contributed by atoms with Crippen LogP contribution in [0.15, 0.2) is 36.3 Å². The van der Waals surface area contributed by atoms with Crippen molar-refractivity contribution in [3.05, 3.63) is 41.9 Å². The summed E-state index contributed by atoms with van der Waals surface area (Å²) >= 11 is 0. The highest BCUT2D eigenvalue weighted by atomic mass is 16.5. The molecule has 0 unspecified atom stereocenters. The molecule has 4 N–H and O–H groups in total. The fraction of sp³-hybridized carbons (Fsp3) is 0.756. The second-order valence-corrected chi connectivity index (χ2v) is 21.3. The Labute approximate surface area is 333 Å². The number of aliphatic carboxylic acids is 1. The Balaban J connectivity index is 1.41. The Morgan fingerprint density at radius 3 is 2.39 bits per heavy atom. The van der Waals surface area contributed by atoms with E-state index in [-0.39, 0.29) is 51.0 Å². The number of hydrogen-bond acceptors (Lipinski definition) is 8. The van der Waals surface area contributed by atoms with Crippen LogP contribution in [0.25, 0.3) is 11.5 Å². The fourth-order valence-corrected chi connectivity index (χ4v) is 12.9. The zero-order valence-corrected chi connectivity index (χ0v) is 35.7. The minimum atomic E-state index is -1.03. The van der Waals surface area contributed by atoms with Gasteiger partial charge in [0.15, 0.2) is 5.82 Å². The standard InChI is InChI=1S/C45H67N5O6/c1-26(2)27(3)41(8)17-18-42(9)29-12-13-33-40(7)21-32(50-36(48-25-49-50)31-20-28(37(51)52)15-19-47-31)35(56-23-44(11,46)39(4,5)6)45(33,24-55-22-40)30(29)14-16-43(42,10)34(41)38(53)54/h14-15,19-20,25-27,29,32-35H,12-13,16-18,21-24,46H2,1-11H3,(H,51,52)(H,53,54)/t27-,29+,32-,33-,34-,35+,40-,41-,42-,43+,44+,45+/m1/s1. The average molecular weight is 774 g/mol. The molecule has 56 heavy (non-hydrogen) atoms. The number of nitrogens with two attached hydrogens (primary N) is 1. The topological polar surface area (TPSA) is 163 Å². The molecule has 2 bridgehead atoms. The van der Waals surface area contributed by atoms with Gasteiger partial charge in [0.2, 0.25) is 0 Å². The van der Waals surface area contributed by atoms with Crippen molar-refractivity contribution in [2.45, 2.75) is 132 Å². The molecular formula is C45H67N5O6. The molecule has 11 heteroatoms. The van der Waals surface area contributed by atoms with E-state index in [4.69, 9.17) is 25.3 Å². The third-order valence-electron chi connectivity index (χ3n) is 17.4. The zero-order chi connectivity index (χ0) is 41.0. The first kappa shape index (κ1) is 41.0. The van der Waals surface area contributed by atoms with E-state index in [1.165, 1.54) is 24.2 Å². The lowest BCUT2D eigenvalue weighted by molar-refractivity contribution is -0.255. The van der Waals surface area contributed by atoms with E-state index >= 15 is 0 Å². The van der Waals surface area contributed by atoms with Gasteiger partial charge < -0.3 is 25.4 Å². The van der Waals surface area contributed by atoms with Gasteiger partial charge in [0.05, 0.1) is 43.4 Å². The highest BCUT2D eigenvalue weighted by Crippen LogP contribution is 2.75. The van der Waals surface area contributed by atoms with Crippen molar-refractivity contribution >= 4 is 11.9 Å². The maximum Gasteiger partial charge on any atom is 0.335 e. The van der Waals surface area contributed by atoms with Crippen LogP contribution in [-0.2, 0) is 14.3 Å². The van der Waals surface area contributed by atoms with Crippen LogP contribution in [0.3, 0.4) is 0 Å². The minimum absolute atomic E-state index is 0.130. The van der Waals surface area contributed by atoms with Crippen molar-refractivity contribution in [3.63, 3.8) is 0 Å². The third kappa shape index (κ3) is 5.78. The monoisotopic (exact) mass is 774 g/mol. The van der Waals surface area contributed by atoms with Crippen LogP contribution in [0.1, 0.15) is 131 Å². The number of pyridine rings is 1. The number of rotatable bonds is 9. The molecular weight excluding hydrogens is 707 g/mol. The Morgan fingerprint density at radius 1 is 1.04 bits per heavy atom. The molecule has 0 aromatic carbocycles. The Hall–Kier alpha value is -3.15. The van der Waals surface area contributed by atoms with Crippen molar-refractivity contribution in [2.24, 2.45) is 67.8 Å². The van der Waals surface area contributed by atoms with Crippen LogP contribution in [-0.4, -0.2) is 73.4 Å². The summed E-state index contributed by atoms with van der Waals surface area (Å²) < 4.78 is 16.1. The number of carboxylic acid groups (broad SMARTS) is 2. The smallest absolute Gasteiger partial charge is 0.335 e. The van der Waals surface area contributed by atoms with Crippen LogP contribution in [0.4, 0.5) is 0 Å². The van der Waals surface area contributed by atoms with E-state index in [0.29, 0.717) is 43.7 Å². The summed E-state index contributed by atoms with van der Waals surface area (Å²) in [6.07, 6.45) is 10.3. The molecule has 7 rings (SSSR count). The van der Waals surface area contributed by atoms with Gasteiger partial charge in [-0.25, -0.2) is 14.5 Å². The molecule has 0 amide bonds. The first-order chi connectivity index (χ1) is 26.0. The SMILES string of the molecule is CC(C)[C@@H](C)[C@@]1(C)CC[C@]2(C)[C@H]3CC[C@@H]4[C@@]5(C)COC[C@@]4(C3=CC[C@@]2(C)[C@@H]1C(=O)O)[C@@H](OC[C@](C)(N)C(C)(C)C)[C@H](n1ncnc1-c1cc(C(=O)O)ccn1)C5. The van der Waals surface area contributed by atoms with Crippen LogP contribution in [0.2, 0.25) is 0 Å². The predicted octanol–water partition coefficient (Wildman–Crippen LogP) is 8.32. The van der Waals surface area contributed by atoms with Gasteiger partial charge in [-0.1, -0.05) is 80.9 Å². The number of aromatic carboxylic acids is 1. The summed E-state index contributed by atoms with van der Waals surface area (Å²) in [6, 6.07) is 2.75. The minimum Gasteiger partial charge on any atom is -0.481 e. The van der Waals surface area contributed by atoms with Crippen LogP contribution < -0.4 is 5.73 Å². The number of carbonyl (C=O) groups is 2. The summed E-state index contributed by atoms with van der Waals surface area (Å²) in [5, 5.41) is 25.9. The van der Waals surface area contributed by atoms with E-state index in [2.05, 4.69) is 87.2 Å². The van der Waals surface area contributed by atoms with E-state index in [9.17, 15) is 19.8 Å². The number of carboxylic acids is 2. The van der Waals surface area contributed by atoms with E-state index in [0.717, 1.165) is 32.1 Å². The molecule has 4 aliphatic carbocycles. The maximum atomic E-state index is 13.7. The highest BCUT2D eigenvalue weighted by Gasteiger charge is 2.73. The van der Waals surface area contributed by atoms with Crippen LogP contribution in [0, 0.1) is 62.1 Å². The Morgan fingerprint density at radius 2 is 1.75 bits per heavy atom. The molecule has 2 aromatic heterocycles. The van der Waals surface area contributed by atoms with Gasteiger partial charge in [-0.2, -0.15) is 5.10 Å². The maximum absolute atomic E-state index is 13.7. The van der Waals surface area contributed by atoms with Crippen LogP contribution in [0.5, 0.6) is 0 Å². The molecule has 3 heterocycles. The molecule has 2 aromatic rings. The van der Waals surface area contributed by atoms with Gasteiger partial charge in [-0.05, 0) is 108 Å². The van der Waals surface area contributed by atoms with Crippen molar-refractivity contribution in [3.8, 4) is 11.5 Å². The van der Waals surface area contributed by atoms with Gasteiger partial charge in [0.25, 0.3) is 0 Å². The van der Waals surface area contributed by atoms with Crippen molar-refractivity contribution in [2.75, 3.05) is 19.8 Å². The molecule has 12 atom stereocenters. The van der Waals surface area contributed by atoms with Gasteiger partial charge in [-0.3, -0.25) is 9.78 Å². The zero-order valence-electron chi connectivity index (χ0n) is 35.7. The summed E-state index contributed by atoms with van der Waals surface area (Å²) in [4.78, 5) is 35.0. The fourth-order valence-electron chi connectivity index (χ4n) is 12.9. The van der Waals surface area contributed by atoms with E-state index < -0.39 is 40.3 Å². The number of allylic oxidation sites excluding steroid dienone is 1. The molecule has 4 fully saturated rings. The first-order valence-corrected chi connectivity index (χ1v) is 21.0. The average Bonchev–Trinajstić information content (AvgIpc) is 3.60. The molecule has 1 aliphatic heterocycles. The molecule has 0 radical (unpaired) electrons. The summed E-state index contributed by atoms with van der Waals surface area (Å²) in [6.45, 7) is 25.9. The lowest BCUT2D eigenvalue weighted by Crippen LogP contribution is -2.70. The Bertz CT molecular complexity index is 1900. The largest absolute Gasteiger partial charge is 0.481 e. The molecule has 11 nitrogen and oxygen atoms in total. The summed E-state index contributed by atoms with van der Waals surface area (Å²) in [5.41, 5.74) is 6.28. The second kappa shape index (κ2) is 13.4. The van der Waals surface area contributed by atoms with Crippen molar-refractivity contribution < 1.29 is 29.3 Å². The number of hydrogen-bond donors (Lipinski definition) is 3. The first-order valence-electron chi connectivity index (χ1n) is 21.0. The van der Waals surface area contributed by atoms with Crippen LogP contribution >= 0.6 is 0 Å². The number of aromatic nitrogens is 4. The number of ether oxygens (including phenoxy) is 2. The normalized spacial score (nSPS) is 39.7. The van der Waals surface area contributed by atoms with Gasteiger partial charge >= 0.3 is 11.9 Å². The summed E-state index contributed by atoms with van der Waals surface area (Å²) in [5.74, 6) is -0.677. The predicted molar refractivity (Wildman–Crippen MR) is 215 cm³/mol. The van der Waals surface area contributed by atoms with Crippen molar-refractivity contribution in [1.82, 2.24) is 19.7 Å². The molecule has 3 saturated carbocycles. The molecule has 0 spiro atoms. The van der Waals surface area contributed by atoms with Gasteiger partial charge in [-0.15, -0.1) is 0 Å². The molecule has 308 valence electrons. The van der Waals surface area contributed by atoms with Gasteiger partial charge in [0.1, 0.15) is 12.0 Å². The quantitative estimate of drug-likeness (QED) is 0.211. The van der Waals surface area contributed by atoms with Gasteiger partial charge in [0, 0.05) is 17.2 Å². The highest BCUT2D eigenvalue weighted by molar-refractivity contribution is 5.88. The lowest BCUT2D eigenvalue weighted by Gasteiger charge is -2.71. The molecule has 1 saturated heterocycles. The second-order valence-electron chi connectivity index (χ2n) is 21.3. The van der Waals surface area contributed by atoms with E-state index in [1.54, 1.807) is 6.07 Å². The lowest BCUT2D eigenvalue weighted by atomic mass is 9.34. The number of fused-ring (bicyclic) bond motifs is 3. The third-order valence-corrected chi connectivity index (χ3v) is 17.4. The van der Waals surface area contributed by atoms with Crippen molar-refractivity contribution in [1.29, 1.82) is 0 Å². The summed E-state index contributed by atoms with van der Waals surface area (Å²) in [7, 11) is 0.